The number of methoxy groups -OCH3 is 1. The normalized spacial score (nSPS) is 15.8. The van der Waals surface area contributed by atoms with Crippen LogP contribution in [0, 0.1) is 6.92 Å². The largest absolute Gasteiger partial charge is 0.497 e. The maximum Gasteiger partial charge on any atom is 0.264 e. The SMILES string of the molecule is COc1ccc(CCC(=O)N2CCC(c3noc(COc4ccc(C)cc4)n3)C2)cc1. The number of benzene rings is 2. The second kappa shape index (κ2) is 9.64. The molecule has 7 nitrogen and oxygen atoms in total. The first kappa shape index (κ1) is 20.9. The van der Waals surface area contributed by atoms with Gasteiger partial charge in [0, 0.05) is 25.4 Å². The molecule has 2 heterocycles. The quantitative estimate of drug-likeness (QED) is 0.549. The Morgan fingerprint density at radius 1 is 1.13 bits per heavy atom. The molecule has 0 bridgehead atoms. The molecule has 1 aromatic heterocycles. The van der Waals surface area contributed by atoms with Crippen LogP contribution < -0.4 is 9.47 Å². The fourth-order valence-corrected chi connectivity index (χ4v) is 3.67. The van der Waals surface area contributed by atoms with Crippen molar-refractivity contribution in [2.75, 3.05) is 20.2 Å². The second-order valence-electron chi connectivity index (χ2n) is 7.82. The first-order chi connectivity index (χ1) is 15.1. The maximum atomic E-state index is 12.6. The van der Waals surface area contributed by atoms with Gasteiger partial charge in [-0.1, -0.05) is 35.0 Å². The highest BCUT2D eigenvalue weighted by Gasteiger charge is 2.30. The third kappa shape index (κ3) is 5.42. The van der Waals surface area contributed by atoms with Crippen molar-refractivity contribution in [3.63, 3.8) is 0 Å². The van der Waals surface area contributed by atoms with E-state index in [0.29, 0.717) is 31.1 Å². The average molecular weight is 421 g/mol. The Morgan fingerprint density at radius 2 is 1.87 bits per heavy atom. The summed E-state index contributed by atoms with van der Waals surface area (Å²) in [5, 5.41) is 4.11. The average Bonchev–Trinajstić information content (AvgIpc) is 3.47. The van der Waals surface area contributed by atoms with E-state index in [4.69, 9.17) is 14.0 Å². The van der Waals surface area contributed by atoms with Gasteiger partial charge in [0.1, 0.15) is 11.5 Å². The first-order valence-electron chi connectivity index (χ1n) is 10.5. The smallest absolute Gasteiger partial charge is 0.264 e. The molecule has 1 saturated heterocycles. The molecule has 1 amide bonds. The molecule has 162 valence electrons. The number of nitrogens with zero attached hydrogens (tertiary/aromatic N) is 3. The molecule has 1 aliphatic rings. The molecule has 1 atom stereocenters. The zero-order chi connectivity index (χ0) is 21.6. The van der Waals surface area contributed by atoms with Crippen LogP contribution in [-0.4, -0.2) is 41.1 Å². The van der Waals surface area contributed by atoms with Gasteiger partial charge < -0.3 is 18.9 Å². The van der Waals surface area contributed by atoms with Crippen LogP contribution in [0.4, 0.5) is 0 Å². The number of ether oxygens (including phenoxy) is 2. The molecule has 0 N–H and O–H groups in total. The summed E-state index contributed by atoms with van der Waals surface area (Å²) in [6.07, 6.45) is 2.04. The van der Waals surface area contributed by atoms with Crippen molar-refractivity contribution < 1.29 is 18.8 Å². The van der Waals surface area contributed by atoms with E-state index in [0.717, 1.165) is 30.0 Å². The summed E-state index contributed by atoms with van der Waals surface area (Å²) in [7, 11) is 1.64. The molecule has 3 aromatic rings. The lowest BCUT2D eigenvalue weighted by molar-refractivity contribution is -0.130. The Hall–Kier alpha value is -3.35. The van der Waals surface area contributed by atoms with Gasteiger partial charge in [-0.05, 0) is 49.6 Å². The third-order valence-electron chi connectivity index (χ3n) is 5.56. The van der Waals surface area contributed by atoms with E-state index in [2.05, 4.69) is 10.1 Å². The fourth-order valence-electron chi connectivity index (χ4n) is 3.67. The highest BCUT2D eigenvalue weighted by Crippen LogP contribution is 2.26. The number of aromatic nitrogens is 2. The number of amides is 1. The van der Waals surface area contributed by atoms with Gasteiger partial charge in [0.25, 0.3) is 5.89 Å². The molecule has 1 aliphatic heterocycles. The summed E-state index contributed by atoms with van der Waals surface area (Å²) < 4.78 is 16.2. The number of carbonyl (C=O) groups excluding carboxylic acids is 1. The standard InChI is InChI=1S/C24H27N3O4/c1-17-3-8-21(9-4-17)30-16-22-25-24(26-31-22)19-13-14-27(15-19)23(28)12-7-18-5-10-20(29-2)11-6-18/h3-6,8-11,19H,7,12-16H2,1-2H3. The maximum absolute atomic E-state index is 12.6. The molecule has 1 fully saturated rings. The minimum atomic E-state index is 0.0989. The third-order valence-corrected chi connectivity index (χ3v) is 5.56. The van der Waals surface area contributed by atoms with Crippen LogP contribution in [0.1, 0.15) is 41.6 Å². The molecule has 0 aliphatic carbocycles. The van der Waals surface area contributed by atoms with Crippen molar-refractivity contribution in [3.05, 3.63) is 71.4 Å². The van der Waals surface area contributed by atoms with Gasteiger partial charge in [-0.25, -0.2) is 0 Å². The van der Waals surface area contributed by atoms with Crippen LogP contribution >= 0.6 is 0 Å². The van der Waals surface area contributed by atoms with Gasteiger partial charge in [-0.3, -0.25) is 4.79 Å². The highest BCUT2D eigenvalue weighted by atomic mass is 16.5. The van der Waals surface area contributed by atoms with Gasteiger partial charge >= 0.3 is 0 Å². The van der Waals surface area contributed by atoms with Crippen molar-refractivity contribution in [1.29, 1.82) is 0 Å². The highest BCUT2D eigenvalue weighted by molar-refractivity contribution is 5.76. The van der Waals surface area contributed by atoms with Gasteiger partial charge in [0.2, 0.25) is 5.91 Å². The summed E-state index contributed by atoms with van der Waals surface area (Å²) in [6.45, 7) is 3.60. The molecule has 31 heavy (non-hydrogen) atoms. The predicted octanol–water partition coefficient (Wildman–Crippen LogP) is 3.91. The van der Waals surface area contributed by atoms with E-state index in [9.17, 15) is 4.79 Å². The summed E-state index contributed by atoms with van der Waals surface area (Å²) >= 11 is 0. The van der Waals surface area contributed by atoms with Crippen molar-refractivity contribution in [2.45, 2.75) is 38.7 Å². The number of carbonyl (C=O) groups is 1. The molecular formula is C24H27N3O4. The number of hydrogen-bond acceptors (Lipinski definition) is 6. The van der Waals surface area contributed by atoms with E-state index < -0.39 is 0 Å². The molecular weight excluding hydrogens is 394 g/mol. The lowest BCUT2D eigenvalue weighted by Crippen LogP contribution is -2.28. The van der Waals surface area contributed by atoms with Crippen LogP contribution in [0.2, 0.25) is 0 Å². The Morgan fingerprint density at radius 3 is 2.61 bits per heavy atom. The van der Waals surface area contributed by atoms with Gasteiger partial charge in [-0.2, -0.15) is 4.98 Å². The molecule has 0 spiro atoms. The van der Waals surface area contributed by atoms with E-state index in [1.165, 1.54) is 5.56 Å². The number of hydrogen-bond donors (Lipinski definition) is 0. The van der Waals surface area contributed by atoms with Crippen LogP contribution in [0.25, 0.3) is 0 Å². The Kier molecular flexibility index (Phi) is 6.50. The minimum Gasteiger partial charge on any atom is -0.497 e. The summed E-state index contributed by atoms with van der Waals surface area (Å²) in [4.78, 5) is 19.0. The molecule has 1 unspecified atom stereocenters. The predicted molar refractivity (Wildman–Crippen MR) is 115 cm³/mol. The van der Waals surface area contributed by atoms with Crippen LogP contribution in [0.3, 0.4) is 0 Å². The Bertz CT molecular complexity index is 998. The van der Waals surface area contributed by atoms with Gasteiger partial charge in [0.15, 0.2) is 12.4 Å². The second-order valence-corrected chi connectivity index (χ2v) is 7.82. The Balaban J connectivity index is 1.25. The van der Waals surface area contributed by atoms with E-state index in [1.807, 2.05) is 60.4 Å². The molecule has 0 radical (unpaired) electrons. The van der Waals surface area contributed by atoms with E-state index in [1.54, 1.807) is 7.11 Å². The van der Waals surface area contributed by atoms with E-state index in [-0.39, 0.29) is 18.4 Å². The first-order valence-corrected chi connectivity index (χ1v) is 10.5. The van der Waals surface area contributed by atoms with Crippen molar-refractivity contribution in [2.24, 2.45) is 0 Å². The van der Waals surface area contributed by atoms with Crippen LogP contribution in [0.15, 0.2) is 53.1 Å². The van der Waals surface area contributed by atoms with Crippen molar-refractivity contribution >= 4 is 5.91 Å². The number of rotatable bonds is 8. The van der Waals surface area contributed by atoms with E-state index >= 15 is 0 Å². The van der Waals surface area contributed by atoms with Crippen molar-refractivity contribution in [1.82, 2.24) is 15.0 Å². The molecule has 2 aromatic carbocycles. The van der Waals surface area contributed by atoms with Gasteiger partial charge in [-0.15, -0.1) is 0 Å². The monoisotopic (exact) mass is 421 g/mol. The van der Waals surface area contributed by atoms with Crippen LogP contribution in [-0.2, 0) is 17.8 Å². The number of likely N-dealkylation sites (tertiary alicyclic amines) is 1. The fraction of sp³-hybridized carbons (Fsp3) is 0.375. The number of aryl methyl sites for hydroxylation is 2. The summed E-state index contributed by atoms with van der Waals surface area (Å²) in [6, 6.07) is 15.7. The lowest BCUT2D eigenvalue weighted by atomic mass is 10.1. The molecule has 0 saturated carbocycles. The minimum absolute atomic E-state index is 0.0989. The van der Waals surface area contributed by atoms with Gasteiger partial charge in [0.05, 0.1) is 7.11 Å². The topological polar surface area (TPSA) is 77.7 Å². The zero-order valence-corrected chi connectivity index (χ0v) is 17.9. The Labute approximate surface area is 182 Å². The zero-order valence-electron chi connectivity index (χ0n) is 17.9. The van der Waals surface area contributed by atoms with Crippen LogP contribution in [0.5, 0.6) is 11.5 Å². The molecule has 4 rings (SSSR count). The molecule has 7 heteroatoms. The van der Waals surface area contributed by atoms with Crippen molar-refractivity contribution in [3.8, 4) is 11.5 Å². The summed E-state index contributed by atoms with van der Waals surface area (Å²) in [5.41, 5.74) is 2.30. The summed E-state index contributed by atoms with van der Waals surface area (Å²) in [5.74, 6) is 2.93. The lowest BCUT2D eigenvalue weighted by Gasteiger charge is -2.15.